The molecule has 1 rings (SSSR count). The number of hydrogen-bond acceptors (Lipinski definition) is 3. The summed E-state index contributed by atoms with van der Waals surface area (Å²) in [7, 11) is 1.35. The monoisotopic (exact) mass is 253 g/mol. The van der Waals surface area contributed by atoms with Crippen LogP contribution in [-0.4, -0.2) is 25.0 Å². The van der Waals surface area contributed by atoms with Crippen LogP contribution in [0.4, 0.5) is 0 Å². The molecule has 0 aliphatic heterocycles. The standard InChI is InChI=1S/C14H23NO3/c1-11(16)15-13(14(17)18-2)10-6-9-12-7-4-3-5-8-12/h7,13H,3-6,8-10H2,1-2H3,(H,15,16). The predicted molar refractivity (Wildman–Crippen MR) is 70.0 cm³/mol. The zero-order valence-electron chi connectivity index (χ0n) is 11.3. The third kappa shape index (κ3) is 5.34. The van der Waals surface area contributed by atoms with Gasteiger partial charge in [-0.15, -0.1) is 0 Å². The van der Waals surface area contributed by atoms with E-state index in [1.807, 2.05) is 0 Å². The van der Waals surface area contributed by atoms with Crippen molar-refractivity contribution in [1.82, 2.24) is 5.32 Å². The van der Waals surface area contributed by atoms with Gasteiger partial charge in [-0.1, -0.05) is 11.6 Å². The largest absolute Gasteiger partial charge is 0.467 e. The Labute approximate surface area is 109 Å². The summed E-state index contributed by atoms with van der Waals surface area (Å²) in [6, 6.07) is -0.503. The summed E-state index contributed by atoms with van der Waals surface area (Å²) < 4.78 is 4.69. The third-order valence-electron chi connectivity index (χ3n) is 3.24. The smallest absolute Gasteiger partial charge is 0.328 e. The molecule has 0 aromatic heterocycles. The lowest BCUT2D eigenvalue weighted by Gasteiger charge is -2.17. The van der Waals surface area contributed by atoms with Gasteiger partial charge >= 0.3 is 5.97 Å². The maximum absolute atomic E-state index is 11.5. The molecule has 0 radical (unpaired) electrons. The summed E-state index contributed by atoms with van der Waals surface area (Å²) in [5.41, 5.74) is 1.49. The van der Waals surface area contributed by atoms with Crippen LogP contribution >= 0.6 is 0 Å². The van der Waals surface area contributed by atoms with Crippen LogP contribution in [0.2, 0.25) is 0 Å². The van der Waals surface area contributed by atoms with Crippen LogP contribution in [0.1, 0.15) is 51.9 Å². The molecule has 1 atom stereocenters. The van der Waals surface area contributed by atoms with E-state index in [0.717, 1.165) is 12.8 Å². The maximum Gasteiger partial charge on any atom is 0.328 e. The molecule has 0 spiro atoms. The predicted octanol–water partition coefficient (Wildman–Crippen LogP) is 2.33. The second-order valence-electron chi connectivity index (χ2n) is 4.78. The fraction of sp³-hybridized carbons (Fsp3) is 0.714. The molecule has 1 amide bonds. The van der Waals surface area contributed by atoms with Crippen LogP contribution in [0.5, 0.6) is 0 Å². The van der Waals surface area contributed by atoms with Gasteiger partial charge in [0.2, 0.25) is 5.91 Å². The summed E-state index contributed by atoms with van der Waals surface area (Å²) >= 11 is 0. The van der Waals surface area contributed by atoms with Gasteiger partial charge in [-0.3, -0.25) is 4.79 Å². The zero-order valence-corrected chi connectivity index (χ0v) is 11.3. The van der Waals surface area contributed by atoms with Gasteiger partial charge in [-0.2, -0.15) is 0 Å². The van der Waals surface area contributed by atoms with Gasteiger partial charge < -0.3 is 10.1 Å². The van der Waals surface area contributed by atoms with Crippen LogP contribution in [0.15, 0.2) is 11.6 Å². The van der Waals surface area contributed by atoms with Gasteiger partial charge in [0.05, 0.1) is 7.11 Å². The zero-order chi connectivity index (χ0) is 13.4. The van der Waals surface area contributed by atoms with Crippen molar-refractivity contribution in [1.29, 1.82) is 0 Å². The number of amides is 1. The van der Waals surface area contributed by atoms with Crippen LogP contribution in [0, 0.1) is 0 Å². The van der Waals surface area contributed by atoms with Crippen molar-refractivity contribution in [2.45, 2.75) is 57.9 Å². The Balaban J connectivity index is 2.34. The minimum absolute atomic E-state index is 0.192. The summed E-state index contributed by atoms with van der Waals surface area (Å²) in [6.45, 7) is 1.42. The van der Waals surface area contributed by atoms with Crippen molar-refractivity contribution in [3.63, 3.8) is 0 Å². The van der Waals surface area contributed by atoms with Crippen molar-refractivity contribution in [2.75, 3.05) is 7.11 Å². The molecule has 102 valence electrons. The Kier molecular flexibility index (Phi) is 6.47. The van der Waals surface area contributed by atoms with Gasteiger partial charge in [0.25, 0.3) is 0 Å². The summed E-state index contributed by atoms with van der Waals surface area (Å²) in [6.07, 6.45) is 9.82. The molecule has 0 heterocycles. The van der Waals surface area contributed by atoms with Crippen LogP contribution in [0.3, 0.4) is 0 Å². The molecule has 1 unspecified atom stereocenters. The molecule has 0 bridgehead atoms. The van der Waals surface area contributed by atoms with Gasteiger partial charge in [0.1, 0.15) is 6.04 Å². The van der Waals surface area contributed by atoms with E-state index in [4.69, 9.17) is 0 Å². The second kappa shape index (κ2) is 7.90. The fourth-order valence-corrected chi connectivity index (χ4v) is 2.30. The third-order valence-corrected chi connectivity index (χ3v) is 3.24. The Hall–Kier alpha value is -1.32. The van der Waals surface area contributed by atoms with E-state index < -0.39 is 6.04 Å². The fourth-order valence-electron chi connectivity index (χ4n) is 2.30. The first-order valence-corrected chi connectivity index (χ1v) is 6.66. The number of methoxy groups -OCH3 is 1. The van der Waals surface area contributed by atoms with E-state index in [1.165, 1.54) is 45.3 Å². The Morgan fingerprint density at radius 1 is 1.44 bits per heavy atom. The van der Waals surface area contributed by atoms with E-state index in [1.54, 1.807) is 0 Å². The highest BCUT2D eigenvalue weighted by atomic mass is 16.5. The molecule has 1 aliphatic carbocycles. The number of nitrogens with one attached hydrogen (secondary N) is 1. The molecule has 0 saturated heterocycles. The molecular weight excluding hydrogens is 230 g/mol. The van der Waals surface area contributed by atoms with E-state index in [9.17, 15) is 9.59 Å². The Morgan fingerprint density at radius 2 is 2.22 bits per heavy atom. The molecule has 0 fully saturated rings. The Bertz CT molecular complexity index is 323. The number of hydrogen-bond donors (Lipinski definition) is 1. The van der Waals surface area contributed by atoms with Crippen LogP contribution in [-0.2, 0) is 14.3 Å². The summed E-state index contributed by atoms with van der Waals surface area (Å²) in [5, 5.41) is 2.64. The molecule has 4 nitrogen and oxygen atoms in total. The summed E-state index contributed by atoms with van der Waals surface area (Å²) in [4.78, 5) is 22.5. The molecule has 4 heteroatoms. The Morgan fingerprint density at radius 3 is 2.78 bits per heavy atom. The first-order chi connectivity index (χ1) is 8.63. The minimum atomic E-state index is -0.503. The highest BCUT2D eigenvalue weighted by Crippen LogP contribution is 2.22. The van der Waals surface area contributed by atoms with E-state index in [0.29, 0.717) is 6.42 Å². The number of rotatable bonds is 6. The lowest BCUT2D eigenvalue weighted by atomic mass is 9.94. The number of carbonyl (C=O) groups is 2. The number of carbonyl (C=O) groups excluding carboxylic acids is 2. The molecule has 0 aromatic rings. The lowest BCUT2D eigenvalue weighted by molar-refractivity contribution is -0.145. The highest BCUT2D eigenvalue weighted by Gasteiger charge is 2.19. The molecule has 0 saturated carbocycles. The van der Waals surface area contributed by atoms with Crippen molar-refractivity contribution < 1.29 is 14.3 Å². The van der Waals surface area contributed by atoms with Crippen LogP contribution in [0.25, 0.3) is 0 Å². The normalized spacial score (nSPS) is 16.7. The maximum atomic E-state index is 11.5. The van der Waals surface area contributed by atoms with Crippen molar-refractivity contribution in [2.24, 2.45) is 0 Å². The van der Waals surface area contributed by atoms with Crippen molar-refractivity contribution in [3.05, 3.63) is 11.6 Å². The van der Waals surface area contributed by atoms with Crippen LogP contribution < -0.4 is 5.32 Å². The summed E-state index contributed by atoms with van der Waals surface area (Å²) in [5.74, 6) is -0.551. The molecule has 1 N–H and O–H groups in total. The molecule has 1 aliphatic rings. The number of ether oxygens (including phenoxy) is 1. The van der Waals surface area contributed by atoms with Crippen molar-refractivity contribution >= 4 is 11.9 Å². The van der Waals surface area contributed by atoms with E-state index in [-0.39, 0.29) is 11.9 Å². The number of esters is 1. The number of allylic oxidation sites excluding steroid dienone is 2. The van der Waals surface area contributed by atoms with E-state index in [2.05, 4.69) is 16.1 Å². The minimum Gasteiger partial charge on any atom is -0.467 e. The topological polar surface area (TPSA) is 55.4 Å². The van der Waals surface area contributed by atoms with Gasteiger partial charge in [-0.05, 0) is 44.9 Å². The average Bonchev–Trinajstić information content (AvgIpc) is 2.37. The van der Waals surface area contributed by atoms with E-state index >= 15 is 0 Å². The quantitative estimate of drug-likeness (QED) is 0.584. The molecular formula is C14H23NO3. The molecule has 0 aromatic carbocycles. The van der Waals surface area contributed by atoms with Crippen molar-refractivity contribution in [3.8, 4) is 0 Å². The van der Waals surface area contributed by atoms with Gasteiger partial charge in [0, 0.05) is 6.92 Å². The lowest BCUT2D eigenvalue weighted by Crippen LogP contribution is -2.40. The molecule has 18 heavy (non-hydrogen) atoms. The SMILES string of the molecule is COC(=O)C(CCCC1=CCCCC1)NC(C)=O. The highest BCUT2D eigenvalue weighted by molar-refractivity contribution is 5.83. The average molecular weight is 253 g/mol. The van der Waals surface area contributed by atoms with Gasteiger partial charge in [0.15, 0.2) is 0 Å². The second-order valence-corrected chi connectivity index (χ2v) is 4.78. The first-order valence-electron chi connectivity index (χ1n) is 6.66. The van der Waals surface area contributed by atoms with Gasteiger partial charge in [-0.25, -0.2) is 4.79 Å². The first kappa shape index (κ1) is 14.7.